The number of nitriles is 1. The topological polar surface area (TPSA) is 64.9 Å². The number of nitrogens with zero attached hydrogens (tertiary/aromatic N) is 1. The predicted octanol–water partition coefficient (Wildman–Crippen LogP) is 2.31. The van der Waals surface area contributed by atoms with Gasteiger partial charge in [0.05, 0.1) is 11.3 Å². The van der Waals surface area contributed by atoms with Crippen LogP contribution >= 0.6 is 11.6 Å². The molecule has 1 rings (SSSR count). The van der Waals surface area contributed by atoms with Crippen molar-refractivity contribution in [3.05, 3.63) is 41.4 Å². The zero-order valence-corrected chi connectivity index (χ0v) is 10.8. The predicted molar refractivity (Wildman–Crippen MR) is 72.5 cm³/mol. The average molecular weight is 264 g/mol. The molecule has 94 valence electrons. The zero-order valence-electron chi connectivity index (χ0n) is 10.0. The molecule has 1 aromatic rings. The van der Waals surface area contributed by atoms with E-state index >= 15 is 0 Å². The van der Waals surface area contributed by atoms with E-state index < -0.39 is 6.04 Å². The number of anilines is 1. The van der Waals surface area contributed by atoms with Crippen molar-refractivity contribution in [3.8, 4) is 6.07 Å². The van der Waals surface area contributed by atoms with Crippen LogP contribution in [0.25, 0.3) is 0 Å². The third-order valence-corrected chi connectivity index (χ3v) is 2.52. The van der Waals surface area contributed by atoms with Crippen molar-refractivity contribution < 1.29 is 4.79 Å². The van der Waals surface area contributed by atoms with Gasteiger partial charge in [-0.05, 0) is 25.1 Å². The van der Waals surface area contributed by atoms with Gasteiger partial charge in [0.25, 0.3) is 0 Å². The van der Waals surface area contributed by atoms with Crippen LogP contribution in [0.3, 0.4) is 0 Å². The smallest absolute Gasteiger partial charge is 0.242 e. The summed E-state index contributed by atoms with van der Waals surface area (Å²) in [5.41, 5.74) is 0.994. The van der Waals surface area contributed by atoms with E-state index in [0.717, 1.165) is 0 Å². The molecule has 0 aliphatic carbocycles. The Bertz CT molecular complexity index is 493. The van der Waals surface area contributed by atoms with E-state index in [0.29, 0.717) is 22.8 Å². The van der Waals surface area contributed by atoms with Crippen LogP contribution in [0.4, 0.5) is 5.69 Å². The van der Waals surface area contributed by atoms with E-state index in [1.165, 1.54) is 0 Å². The van der Waals surface area contributed by atoms with Crippen LogP contribution in [0.1, 0.15) is 12.5 Å². The zero-order chi connectivity index (χ0) is 13.5. The van der Waals surface area contributed by atoms with Gasteiger partial charge in [0.2, 0.25) is 5.91 Å². The molecule has 2 N–H and O–H groups in total. The Kier molecular flexibility index (Phi) is 5.22. The van der Waals surface area contributed by atoms with Gasteiger partial charge >= 0.3 is 0 Å². The third-order valence-electron chi connectivity index (χ3n) is 2.29. The SMILES string of the molecule is C=CCNC(=O)C(C)Nc1cc(Cl)ccc1C#N. The summed E-state index contributed by atoms with van der Waals surface area (Å²) in [4.78, 5) is 11.7. The Morgan fingerprint density at radius 3 is 3.00 bits per heavy atom. The van der Waals surface area contributed by atoms with Crippen LogP contribution in [-0.4, -0.2) is 18.5 Å². The van der Waals surface area contributed by atoms with E-state index in [2.05, 4.69) is 17.2 Å². The minimum Gasteiger partial charge on any atom is -0.373 e. The van der Waals surface area contributed by atoms with Crippen molar-refractivity contribution >= 4 is 23.2 Å². The molecule has 0 radical (unpaired) electrons. The molecule has 0 aliphatic heterocycles. The number of hydrogen-bond donors (Lipinski definition) is 2. The van der Waals surface area contributed by atoms with Gasteiger partial charge in [0, 0.05) is 11.6 Å². The Morgan fingerprint density at radius 2 is 2.39 bits per heavy atom. The van der Waals surface area contributed by atoms with Crippen LogP contribution < -0.4 is 10.6 Å². The maximum absolute atomic E-state index is 11.7. The molecule has 1 amide bonds. The van der Waals surface area contributed by atoms with Crippen LogP contribution in [0, 0.1) is 11.3 Å². The van der Waals surface area contributed by atoms with E-state index in [-0.39, 0.29) is 5.91 Å². The lowest BCUT2D eigenvalue weighted by atomic mass is 10.1. The number of amides is 1. The summed E-state index contributed by atoms with van der Waals surface area (Å²) in [5, 5.41) is 15.1. The number of halogens is 1. The molecule has 0 fully saturated rings. The summed E-state index contributed by atoms with van der Waals surface area (Å²) in [6.07, 6.45) is 1.60. The molecule has 4 nitrogen and oxygen atoms in total. The number of nitrogens with one attached hydrogen (secondary N) is 2. The normalized spacial score (nSPS) is 11.2. The van der Waals surface area contributed by atoms with Gasteiger partial charge in [-0.15, -0.1) is 6.58 Å². The molecule has 1 atom stereocenters. The fraction of sp³-hybridized carbons (Fsp3) is 0.231. The minimum absolute atomic E-state index is 0.168. The van der Waals surface area contributed by atoms with Crippen molar-refractivity contribution in [1.29, 1.82) is 5.26 Å². The van der Waals surface area contributed by atoms with Gasteiger partial charge in [-0.2, -0.15) is 5.26 Å². The number of benzene rings is 1. The van der Waals surface area contributed by atoms with Gasteiger partial charge in [-0.25, -0.2) is 0 Å². The molecule has 0 aliphatic rings. The highest BCUT2D eigenvalue weighted by atomic mass is 35.5. The highest BCUT2D eigenvalue weighted by Crippen LogP contribution is 2.21. The lowest BCUT2D eigenvalue weighted by Gasteiger charge is -2.15. The Hall–Kier alpha value is -1.99. The van der Waals surface area contributed by atoms with Crippen molar-refractivity contribution in [2.45, 2.75) is 13.0 Å². The van der Waals surface area contributed by atoms with Gasteiger partial charge in [0.1, 0.15) is 12.1 Å². The van der Waals surface area contributed by atoms with Crippen LogP contribution in [0.15, 0.2) is 30.9 Å². The van der Waals surface area contributed by atoms with Crippen LogP contribution in [0.2, 0.25) is 5.02 Å². The van der Waals surface area contributed by atoms with Crippen molar-refractivity contribution in [2.75, 3.05) is 11.9 Å². The fourth-order valence-corrected chi connectivity index (χ4v) is 1.53. The molecule has 1 aromatic carbocycles. The second kappa shape index (κ2) is 6.67. The number of hydrogen-bond acceptors (Lipinski definition) is 3. The summed E-state index contributed by atoms with van der Waals surface area (Å²) in [6.45, 7) is 5.64. The molecule has 0 saturated heterocycles. The van der Waals surface area contributed by atoms with Gasteiger partial charge in [-0.1, -0.05) is 17.7 Å². The van der Waals surface area contributed by atoms with E-state index in [4.69, 9.17) is 16.9 Å². The van der Waals surface area contributed by atoms with Crippen LogP contribution in [-0.2, 0) is 4.79 Å². The maximum Gasteiger partial charge on any atom is 0.242 e. The molecule has 0 saturated carbocycles. The van der Waals surface area contributed by atoms with Crippen molar-refractivity contribution in [1.82, 2.24) is 5.32 Å². The average Bonchev–Trinajstić information content (AvgIpc) is 2.36. The van der Waals surface area contributed by atoms with E-state index in [1.54, 1.807) is 31.2 Å². The quantitative estimate of drug-likeness (QED) is 0.802. The molecule has 18 heavy (non-hydrogen) atoms. The summed E-state index contributed by atoms with van der Waals surface area (Å²) >= 11 is 5.86. The molecule has 1 unspecified atom stereocenters. The summed E-state index contributed by atoms with van der Waals surface area (Å²) < 4.78 is 0. The maximum atomic E-state index is 11.7. The molecule has 5 heteroatoms. The molecule has 0 aromatic heterocycles. The third kappa shape index (κ3) is 3.79. The first-order valence-corrected chi connectivity index (χ1v) is 5.81. The Labute approximate surface area is 111 Å². The van der Waals surface area contributed by atoms with Crippen molar-refractivity contribution in [2.24, 2.45) is 0 Å². The Morgan fingerprint density at radius 1 is 1.67 bits per heavy atom. The number of rotatable bonds is 5. The molecule has 0 bridgehead atoms. The molecule has 0 heterocycles. The lowest BCUT2D eigenvalue weighted by molar-refractivity contribution is -0.121. The van der Waals surface area contributed by atoms with Crippen LogP contribution in [0.5, 0.6) is 0 Å². The lowest BCUT2D eigenvalue weighted by Crippen LogP contribution is -2.37. The van der Waals surface area contributed by atoms with E-state index in [9.17, 15) is 4.79 Å². The molecular weight excluding hydrogens is 250 g/mol. The summed E-state index contributed by atoms with van der Waals surface area (Å²) in [5.74, 6) is -0.168. The first kappa shape index (κ1) is 14.1. The number of carbonyl (C=O) groups is 1. The standard InChI is InChI=1S/C13H14ClN3O/c1-3-6-16-13(18)9(2)17-12-7-11(14)5-4-10(12)8-15/h3-5,7,9,17H,1,6H2,2H3,(H,16,18). The summed E-state index contributed by atoms with van der Waals surface area (Å²) in [6, 6.07) is 6.44. The fourth-order valence-electron chi connectivity index (χ4n) is 1.36. The van der Waals surface area contributed by atoms with Crippen molar-refractivity contribution in [3.63, 3.8) is 0 Å². The second-order valence-corrected chi connectivity index (χ2v) is 4.14. The first-order chi connectivity index (χ1) is 8.58. The van der Waals surface area contributed by atoms with Gasteiger partial charge in [0.15, 0.2) is 0 Å². The molecule has 0 spiro atoms. The monoisotopic (exact) mass is 263 g/mol. The second-order valence-electron chi connectivity index (χ2n) is 3.70. The van der Waals surface area contributed by atoms with Gasteiger partial charge in [-0.3, -0.25) is 4.79 Å². The number of carbonyl (C=O) groups excluding carboxylic acids is 1. The van der Waals surface area contributed by atoms with Gasteiger partial charge < -0.3 is 10.6 Å². The molecular formula is C13H14ClN3O. The van der Waals surface area contributed by atoms with E-state index in [1.807, 2.05) is 6.07 Å². The largest absolute Gasteiger partial charge is 0.373 e. The minimum atomic E-state index is -0.462. The summed E-state index contributed by atoms with van der Waals surface area (Å²) in [7, 11) is 0. The highest BCUT2D eigenvalue weighted by Gasteiger charge is 2.13. The highest BCUT2D eigenvalue weighted by molar-refractivity contribution is 6.30. The Balaban J connectivity index is 2.78. The first-order valence-electron chi connectivity index (χ1n) is 5.43.